The average molecular weight is 334 g/mol. The lowest BCUT2D eigenvalue weighted by atomic mass is 10.1. The molecule has 6 nitrogen and oxygen atoms in total. The Morgan fingerprint density at radius 2 is 2.12 bits per heavy atom. The number of benzene rings is 1. The molecule has 0 aliphatic heterocycles. The maximum atomic E-state index is 13.9. The van der Waals surface area contributed by atoms with Crippen molar-refractivity contribution in [3.63, 3.8) is 0 Å². The first kappa shape index (κ1) is 15.7. The van der Waals surface area contributed by atoms with Gasteiger partial charge in [-0.15, -0.1) is 0 Å². The van der Waals surface area contributed by atoms with Crippen LogP contribution in [-0.4, -0.2) is 34.5 Å². The molecule has 0 aliphatic rings. The second kappa shape index (κ2) is 5.59. The van der Waals surface area contributed by atoms with E-state index in [0.717, 1.165) is 27.7 Å². The third-order valence-electron chi connectivity index (χ3n) is 4.26. The number of H-pyrrole nitrogens is 1. The summed E-state index contributed by atoms with van der Waals surface area (Å²) >= 11 is 0. The summed E-state index contributed by atoms with van der Waals surface area (Å²) in [5.41, 5.74) is 10.2. The SMILES string of the molecule is [B]N(C)c1nc2[nH]c(-c3cc(F)cc(CN)c3)cc2c2c1ncn2C. The zero-order valence-corrected chi connectivity index (χ0v) is 13.9. The fourth-order valence-electron chi connectivity index (χ4n) is 3.11. The van der Waals surface area contributed by atoms with E-state index in [1.807, 2.05) is 23.7 Å². The molecule has 124 valence electrons. The Morgan fingerprint density at radius 1 is 1.32 bits per heavy atom. The van der Waals surface area contributed by atoms with Crippen LogP contribution in [0.3, 0.4) is 0 Å². The Balaban J connectivity index is 2.01. The normalized spacial score (nSPS) is 11.5. The molecule has 25 heavy (non-hydrogen) atoms. The van der Waals surface area contributed by atoms with E-state index in [4.69, 9.17) is 13.7 Å². The van der Waals surface area contributed by atoms with E-state index in [9.17, 15) is 4.39 Å². The minimum absolute atomic E-state index is 0.275. The molecule has 0 unspecified atom stereocenters. The Bertz CT molecular complexity index is 1100. The summed E-state index contributed by atoms with van der Waals surface area (Å²) in [7, 11) is 9.53. The summed E-state index contributed by atoms with van der Waals surface area (Å²) in [5.74, 6) is 0.246. The molecule has 0 spiro atoms. The van der Waals surface area contributed by atoms with E-state index in [1.165, 1.54) is 16.9 Å². The van der Waals surface area contributed by atoms with Crippen molar-refractivity contribution in [1.29, 1.82) is 0 Å². The van der Waals surface area contributed by atoms with Crippen LogP contribution in [-0.2, 0) is 13.6 Å². The van der Waals surface area contributed by atoms with Crippen LogP contribution in [0, 0.1) is 5.82 Å². The Morgan fingerprint density at radius 3 is 2.84 bits per heavy atom. The van der Waals surface area contributed by atoms with Gasteiger partial charge in [-0.2, -0.15) is 0 Å². The van der Waals surface area contributed by atoms with Crippen molar-refractivity contribution in [2.45, 2.75) is 6.54 Å². The predicted molar refractivity (Wildman–Crippen MR) is 97.8 cm³/mol. The molecule has 4 rings (SSSR count). The number of imidazole rings is 1. The highest BCUT2D eigenvalue weighted by Crippen LogP contribution is 2.32. The van der Waals surface area contributed by atoms with Crippen molar-refractivity contribution in [2.24, 2.45) is 12.8 Å². The fraction of sp³-hybridized carbons (Fsp3) is 0.176. The quantitative estimate of drug-likeness (QED) is 0.564. The molecular formula is C17H16BFN6. The van der Waals surface area contributed by atoms with Gasteiger partial charge in [-0.05, 0) is 36.9 Å². The van der Waals surface area contributed by atoms with E-state index in [2.05, 4.69) is 15.0 Å². The van der Waals surface area contributed by atoms with Crippen molar-refractivity contribution in [1.82, 2.24) is 19.5 Å². The Labute approximate surface area is 144 Å². The van der Waals surface area contributed by atoms with Crippen LogP contribution in [0.5, 0.6) is 0 Å². The molecule has 0 amide bonds. The van der Waals surface area contributed by atoms with Crippen molar-refractivity contribution < 1.29 is 4.39 Å². The summed E-state index contributed by atoms with van der Waals surface area (Å²) in [6.07, 6.45) is 1.72. The number of pyridine rings is 1. The van der Waals surface area contributed by atoms with Gasteiger partial charge in [-0.25, -0.2) is 14.4 Å². The largest absolute Gasteiger partial charge is 0.411 e. The molecule has 3 heterocycles. The molecule has 8 heteroatoms. The summed E-state index contributed by atoms with van der Waals surface area (Å²) in [6, 6.07) is 6.72. The van der Waals surface area contributed by atoms with E-state index in [0.29, 0.717) is 17.0 Å². The number of hydrogen-bond donors (Lipinski definition) is 2. The molecule has 2 radical (unpaired) electrons. The third kappa shape index (κ3) is 2.46. The average Bonchev–Trinajstić information content (AvgIpc) is 3.16. The Kier molecular flexibility index (Phi) is 3.50. The first-order valence-electron chi connectivity index (χ1n) is 7.80. The standard InChI is InChI=1S/C17H16BFN6/c1-24-8-21-14-15(24)12-6-13(22-16(12)23-17(14)25(2)18)10-3-9(7-20)4-11(19)5-10/h3-6,8H,7,20H2,1-2H3,(H,22,23). The lowest BCUT2D eigenvalue weighted by Gasteiger charge is -2.12. The van der Waals surface area contributed by atoms with Crippen LogP contribution in [0.25, 0.3) is 33.3 Å². The van der Waals surface area contributed by atoms with Gasteiger partial charge in [-0.1, -0.05) is 0 Å². The molecule has 3 aromatic heterocycles. The number of anilines is 1. The van der Waals surface area contributed by atoms with Gasteiger partial charge in [0.1, 0.15) is 22.8 Å². The number of aromatic amines is 1. The van der Waals surface area contributed by atoms with Crippen LogP contribution < -0.4 is 10.5 Å². The number of hydrogen-bond acceptors (Lipinski definition) is 4. The molecular weight excluding hydrogens is 318 g/mol. The summed E-state index contributed by atoms with van der Waals surface area (Å²) in [4.78, 5) is 13.7. The number of aromatic nitrogens is 4. The molecule has 0 bridgehead atoms. The lowest BCUT2D eigenvalue weighted by molar-refractivity contribution is 0.626. The zero-order valence-electron chi connectivity index (χ0n) is 13.9. The minimum Gasteiger partial charge on any atom is -0.411 e. The van der Waals surface area contributed by atoms with Gasteiger partial charge in [0.05, 0.1) is 11.8 Å². The summed E-state index contributed by atoms with van der Waals surface area (Å²) in [6.45, 7) is 0.275. The van der Waals surface area contributed by atoms with Gasteiger partial charge in [0.2, 0.25) is 7.98 Å². The van der Waals surface area contributed by atoms with E-state index < -0.39 is 0 Å². The molecule has 4 aromatic rings. The first-order chi connectivity index (χ1) is 12.0. The lowest BCUT2D eigenvalue weighted by Crippen LogP contribution is -2.13. The zero-order chi connectivity index (χ0) is 17.7. The number of nitrogens with two attached hydrogens (primary N) is 1. The highest BCUT2D eigenvalue weighted by atomic mass is 19.1. The van der Waals surface area contributed by atoms with E-state index >= 15 is 0 Å². The molecule has 0 aliphatic carbocycles. The van der Waals surface area contributed by atoms with Crippen molar-refractivity contribution in [2.75, 3.05) is 11.9 Å². The van der Waals surface area contributed by atoms with Crippen molar-refractivity contribution >= 4 is 35.9 Å². The number of aryl methyl sites for hydroxylation is 1. The Hall–Kier alpha value is -2.87. The number of halogens is 1. The molecule has 0 saturated heterocycles. The van der Waals surface area contributed by atoms with Crippen LogP contribution in [0.1, 0.15) is 5.56 Å². The van der Waals surface area contributed by atoms with Crippen LogP contribution in [0.4, 0.5) is 10.2 Å². The third-order valence-corrected chi connectivity index (χ3v) is 4.26. The monoisotopic (exact) mass is 334 g/mol. The number of nitrogens with one attached hydrogen (secondary N) is 1. The number of rotatable bonds is 3. The maximum absolute atomic E-state index is 13.9. The van der Waals surface area contributed by atoms with Gasteiger partial charge in [0, 0.05) is 30.2 Å². The second-order valence-corrected chi connectivity index (χ2v) is 6.10. The van der Waals surface area contributed by atoms with Gasteiger partial charge >= 0.3 is 0 Å². The topological polar surface area (TPSA) is 75.8 Å². The van der Waals surface area contributed by atoms with Crippen LogP contribution in [0.2, 0.25) is 0 Å². The molecule has 1 aromatic carbocycles. The van der Waals surface area contributed by atoms with Gasteiger partial charge < -0.3 is 20.1 Å². The van der Waals surface area contributed by atoms with E-state index in [-0.39, 0.29) is 12.4 Å². The maximum Gasteiger partial charge on any atom is 0.228 e. The van der Waals surface area contributed by atoms with E-state index in [1.54, 1.807) is 13.4 Å². The number of fused-ring (bicyclic) bond motifs is 3. The van der Waals surface area contributed by atoms with Gasteiger partial charge in [0.25, 0.3) is 0 Å². The summed E-state index contributed by atoms with van der Waals surface area (Å²) < 4.78 is 15.8. The summed E-state index contributed by atoms with van der Waals surface area (Å²) in [5, 5.41) is 0.897. The van der Waals surface area contributed by atoms with Gasteiger partial charge in [-0.3, -0.25) is 0 Å². The fourth-order valence-corrected chi connectivity index (χ4v) is 3.11. The van der Waals surface area contributed by atoms with Crippen LogP contribution in [0.15, 0.2) is 30.6 Å². The molecule has 0 saturated carbocycles. The molecule has 0 fully saturated rings. The van der Waals surface area contributed by atoms with Crippen LogP contribution >= 0.6 is 0 Å². The highest BCUT2D eigenvalue weighted by Gasteiger charge is 2.17. The predicted octanol–water partition coefficient (Wildman–Crippen LogP) is 2.23. The molecule has 0 atom stereocenters. The second-order valence-electron chi connectivity index (χ2n) is 6.10. The van der Waals surface area contributed by atoms with Crippen molar-refractivity contribution in [3.8, 4) is 11.3 Å². The highest BCUT2D eigenvalue weighted by molar-refractivity contribution is 6.20. The molecule has 3 N–H and O–H groups in total. The smallest absolute Gasteiger partial charge is 0.228 e. The minimum atomic E-state index is -0.322. The number of nitrogens with zero attached hydrogens (tertiary/aromatic N) is 4. The van der Waals surface area contributed by atoms with Gasteiger partial charge in [0.15, 0.2) is 0 Å². The first-order valence-corrected chi connectivity index (χ1v) is 7.80. The van der Waals surface area contributed by atoms with Crippen molar-refractivity contribution in [3.05, 3.63) is 42.0 Å².